The van der Waals surface area contributed by atoms with Crippen molar-refractivity contribution in [3.05, 3.63) is 36.2 Å². The standard InChI is InChI=1S/C13H11N3O3/c17-12(16-6-8(7-16)13(18)19)11-5-14-9-3-1-2-4-10(9)15-11/h1-5,8H,6-7H2,(H,18,19). The first-order valence-electron chi connectivity index (χ1n) is 5.89. The highest BCUT2D eigenvalue weighted by molar-refractivity contribution is 5.95. The molecule has 1 fully saturated rings. The van der Waals surface area contributed by atoms with Crippen molar-refractivity contribution in [2.24, 2.45) is 5.92 Å². The Morgan fingerprint density at radius 2 is 1.89 bits per heavy atom. The van der Waals surface area contributed by atoms with Crippen molar-refractivity contribution in [2.45, 2.75) is 0 Å². The van der Waals surface area contributed by atoms with Crippen LogP contribution in [0.25, 0.3) is 11.0 Å². The van der Waals surface area contributed by atoms with Crippen LogP contribution >= 0.6 is 0 Å². The molecule has 0 saturated carbocycles. The van der Waals surface area contributed by atoms with Gasteiger partial charge in [-0.3, -0.25) is 14.6 Å². The van der Waals surface area contributed by atoms with Crippen molar-refractivity contribution in [1.29, 1.82) is 0 Å². The van der Waals surface area contributed by atoms with E-state index in [1.54, 1.807) is 6.07 Å². The topological polar surface area (TPSA) is 83.4 Å². The Bertz CT molecular complexity index is 665. The number of aromatic nitrogens is 2. The van der Waals surface area contributed by atoms with E-state index in [0.29, 0.717) is 5.52 Å². The van der Waals surface area contributed by atoms with E-state index in [9.17, 15) is 9.59 Å². The SMILES string of the molecule is O=C(O)C1CN(C(=O)c2cnc3ccccc3n2)C1. The fraction of sp³-hybridized carbons (Fsp3) is 0.231. The van der Waals surface area contributed by atoms with Crippen LogP contribution in [-0.4, -0.2) is 44.9 Å². The number of benzene rings is 1. The molecule has 1 aromatic carbocycles. The number of fused-ring (bicyclic) bond motifs is 1. The first-order valence-corrected chi connectivity index (χ1v) is 5.89. The van der Waals surface area contributed by atoms with Crippen LogP contribution in [0.15, 0.2) is 30.5 Å². The van der Waals surface area contributed by atoms with Gasteiger partial charge in [-0.2, -0.15) is 0 Å². The Hall–Kier alpha value is -2.50. The van der Waals surface area contributed by atoms with Crippen LogP contribution in [-0.2, 0) is 4.79 Å². The van der Waals surface area contributed by atoms with Crippen molar-refractivity contribution >= 4 is 22.9 Å². The van der Waals surface area contributed by atoms with E-state index in [1.165, 1.54) is 11.1 Å². The van der Waals surface area contributed by atoms with E-state index < -0.39 is 11.9 Å². The predicted octanol–water partition coefficient (Wildman–Crippen LogP) is 0.786. The van der Waals surface area contributed by atoms with Crippen LogP contribution in [0.5, 0.6) is 0 Å². The van der Waals surface area contributed by atoms with Gasteiger partial charge in [-0.05, 0) is 12.1 Å². The van der Waals surface area contributed by atoms with Crippen molar-refractivity contribution in [3.63, 3.8) is 0 Å². The molecule has 6 nitrogen and oxygen atoms in total. The second-order valence-electron chi connectivity index (χ2n) is 4.49. The molecule has 0 unspecified atom stereocenters. The van der Waals surface area contributed by atoms with Gasteiger partial charge < -0.3 is 10.0 Å². The van der Waals surface area contributed by atoms with E-state index in [-0.39, 0.29) is 24.7 Å². The number of carboxylic acid groups (broad SMARTS) is 1. The summed E-state index contributed by atoms with van der Waals surface area (Å²) in [7, 11) is 0. The minimum Gasteiger partial charge on any atom is -0.481 e. The number of nitrogens with zero attached hydrogens (tertiary/aromatic N) is 3. The van der Waals surface area contributed by atoms with Crippen LogP contribution < -0.4 is 0 Å². The van der Waals surface area contributed by atoms with E-state index in [4.69, 9.17) is 5.11 Å². The highest BCUT2D eigenvalue weighted by Crippen LogP contribution is 2.18. The summed E-state index contributed by atoms with van der Waals surface area (Å²) in [6.07, 6.45) is 1.43. The normalized spacial score (nSPS) is 15.3. The number of carbonyl (C=O) groups excluding carboxylic acids is 1. The van der Waals surface area contributed by atoms with Gasteiger partial charge in [-0.1, -0.05) is 12.1 Å². The van der Waals surface area contributed by atoms with E-state index in [1.807, 2.05) is 18.2 Å². The number of carbonyl (C=O) groups is 2. The minimum atomic E-state index is -0.867. The fourth-order valence-corrected chi connectivity index (χ4v) is 2.02. The molecule has 1 N–H and O–H groups in total. The van der Waals surface area contributed by atoms with Crippen LogP contribution in [0.1, 0.15) is 10.5 Å². The summed E-state index contributed by atoms with van der Waals surface area (Å²) >= 11 is 0. The fourth-order valence-electron chi connectivity index (χ4n) is 2.02. The molecular weight excluding hydrogens is 246 g/mol. The summed E-state index contributed by atoms with van der Waals surface area (Å²) in [6, 6.07) is 7.29. The van der Waals surface area contributed by atoms with Gasteiger partial charge in [0, 0.05) is 13.1 Å². The van der Waals surface area contributed by atoms with Crippen molar-refractivity contribution in [3.8, 4) is 0 Å². The summed E-state index contributed by atoms with van der Waals surface area (Å²) in [6.45, 7) is 0.478. The zero-order valence-corrected chi connectivity index (χ0v) is 9.98. The number of amides is 1. The summed E-state index contributed by atoms with van der Waals surface area (Å²) in [4.78, 5) is 32.7. The molecule has 6 heteroatoms. The quantitative estimate of drug-likeness (QED) is 0.859. The number of carboxylic acids is 1. The summed E-state index contributed by atoms with van der Waals surface area (Å²) in [5.74, 6) is -1.60. The molecule has 0 spiro atoms. The van der Waals surface area contributed by atoms with Crippen LogP contribution in [0.2, 0.25) is 0 Å². The third kappa shape index (κ3) is 2.01. The molecule has 0 atom stereocenters. The van der Waals surface area contributed by atoms with Gasteiger partial charge in [0.2, 0.25) is 0 Å². The third-order valence-electron chi connectivity index (χ3n) is 3.19. The van der Waals surface area contributed by atoms with Gasteiger partial charge in [0.25, 0.3) is 5.91 Å². The van der Waals surface area contributed by atoms with Gasteiger partial charge in [-0.15, -0.1) is 0 Å². The number of para-hydroxylation sites is 2. The van der Waals surface area contributed by atoms with E-state index in [0.717, 1.165) is 5.52 Å². The van der Waals surface area contributed by atoms with E-state index >= 15 is 0 Å². The van der Waals surface area contributed by atoms with Crippen molar-refractivity contribution in [1.82, 2.24) is 14.9 Å². The highest BCUT2D eigenvalue weighted by Gasteiger charge is 2.36. The number of hydrogen-bond donors (Lipinski definition) is 1. The van der Waals surface area contributed by atoms with Crippen LogP contribution in [0.3, 0.4) is 0 Å². The molecule has 1 aliphatic heterocycles. The number of aliphatic carboxylic acids is 1. The molecule has 19 heavy (non-hydrogen) atoms. The lowest BCUT2D eigenvalue weighted by Gasteiger charge is -2.36. The molecule has 0 radical (unpaired) electrons. The number of likely N-dealkylation sites (tertiary alicyclic amines) is 1. The third-order valence-corrected chi connectivity index (χ3v) is 3.19. The lowest BCUT2D eigenvalue weighted by atomic mass is 10.0. The first kappa shape index (κ1) is 11.6. The Balaban J connectivity index is 1.81. The monoisotopic (exact) mass is 257 g/mol. The molecule has 1 aliphatic rings. The smallest absolute Gasteiger partial charge is 0.310 e. The zero-order valence-electron chi connectivity index (χ0n) is 9.98. The maximum absolute atomic E-state index is 12.1. The van der Waals surface area contributed by atoms with Crippen LogP contribution in [0.4, 0.5) is 0 Å². The molecular formula is C13H11N3O3. The van der Waals surface area contributed by atoms with E-state index in [2.05, 4.69) is 9.97 Å². The Morgan fingerprint density at radius 3 is 2.58 bits per heavy atom. The second kappa shape index (κ2) is 4.31. The van der Waals surface area contributed by atoms with Gasteiger partial charge in [0.1, 0.15) is 5.69 Å². The Labute approximate surface area is 108 Å². The summed E-state index contributed by atoms with van der Waals surface area (Å²) in [5, 5.41) is 8.78. The number of rotatable bonds is 2. The molecule has 2 heterocycles. The average molecular weight is 257 g/mol. The average Bonchev–Trinajstić information content (AvgIpc) is 2.35. The summed E-state index contributed by atoms with van der Waals surface area (Å²) in [5.41, 5.74) is 1.64. The Kier molecular flexibility index (Phi) is 2.63. The first-order chi connectivity index (χ1) is 9.15. The molecule has 0 aliphatic carbocycles. The lowest BCUT2D eigenvalue weighted by Crippen LogP contribution is -2.53. The molecule has 2 aromatic rings. The van der Waals surface area contributed by atoms with Gasteiger partial charge in [0.05, 0.1) is 23.1 Å². The van der Waals surface area contributed by atoms with Gasteiger partial charge in [-0.25, -0.2) is 4.98 Å². The van der Waals surface area contributed by atoms with Gasteiger partial charge in [0.15, 0.2) is 0 Å². The lowest BCUT2D eigenvalue weighted by molar-refractivity contribution is -0.146. The largest absolute Gasteiger partial charge is 0.481 e. The molecule has 1 amide bonds. The predicted molar refractivity (Wildman–Crippen MR) is 66.6 cm³/mol. The van der Waals surface area contributed by atoms with Gasteiger partial charge >= 0.3 is 5.97 Å². The number of hydrogen-bond acceptors (Lipinski definition) is 4. The summed E-state index contributed by atoms with van der Waals surface area (Å²) < 4.78 is 0. The maximum atomic E-state index is 12.1. The molecule has 1 aromatic heterocycles. The van der Waals surface area contributed by atoms with Crippen LogP contribution in [0, 0.1) is 5.92 Å². The Morgan fingerprint density at radius 1 is 1.21 bits per heavy atom. The molecule has 0 bridgehead atoms. The molecule has 3 rings (SSSR count). The second-order valence-corrected chi connectivity index (χ2v) is 4.49. The highest BCUT2D eigenvalue weighted by atomic mass is 16.4. The maximum Gasteiger partial charge on any atom is 0.310 e. The molecule has 1 saturated heterocycles. The minimum absolute atomic E-state index is 0.239. The van der Waals surface area contributed by atoms with Crippen molar-refractivity contribution < 1.29 is 14.7 Å². The van der Waals surface area contributed by atoms with Crippen molar-refractivity contribution in [2.75, 3.05) is 13.1 Å². The molecule has 96 valence electrons. The zero-order chi connectivity index (χ0) is 13.4.